The van der Waals surface area contributed by atoms with Crippen LogP contribution in [0.1, 0.15) is 19.8 Å². The van der Waals surface area contributed by atoms with Gasteiger partial charge in [0.15, 0.2) is 0 Å². The van der Waals surface area contributed by atoms with Gasteiger partial charge in [-0.2, -0.15) is 0 Å². The molecule has 0 unspecified atom stereocenters. The van der Waals surface area contributed by atoms with E-state index in [4.69, 9.17) is 11.6 Å². The zero-order valence-corrected chi connectivity index (χ0v) is 6.73. The molecule has 1 heterocycles. The molecule has 1 nitrogen and oxygen atoms in total. The first-order chi connectivity index (χ1) is 4.83. The maximum atomic E-state index is 5.75. The molecule has 1 rings (SSSR count). The van der Waals surface area contributed by atoms with E-state index in [-0.39, 0.29) is 0 Å². The number of rotatable bonds is 1. The van der Waals surface area contributed by atoms with Gasteiger partial charge in [0, 0.05) is 12.6 Å². The van der Waals surface area contributed by atoms with Crippen LogP contribution in [0.2, 0.25) is 0 Å². The molecule has 54 valence electrons. The standard InChI is InChI=1S/C8H10ClN/c1-2-7-4-3-5-10-8(9)6-7/h3-5H,2,6H2,1H3. The first-order valence-corrected chi connectivity index (χ1v) is 3.77. The Morgan fingerprint density at radius 3 is 3.20 bits per heavy atom. The van der Waals surface area contributed by atoms with Crippen molar-refractivity contribution in [2.45, 2.75) is 19.8 Å². The maximum Gasteiger partial charge on any atom is 0.110 e. The van der Waals surface area contributed by atoms with Crippen LogP contribution in [0.25, 0.3) is 0 Å². The largest absolute Gasteiger partial charge is 0.249 e. The Bertz CT molecular complexity index is 201. The van der Waals surface area contributed by atoms with Gasteiger partial charge in [0.2, 0.25) is 0 Å². The summed E-state index contributed by atoms with van der Waals surface area (Å²) in [5.74, 6) is 0. The highest BCUT2D eigenvalue weighted by atomic mass is 35.5. The van der Waals surface area contributed by atoms with Gasteiger partial charge in [0.05, 0.1) is 0 Å². The molecule has 0 amide bonds. The molecule has 0 aliphatic carbocycles. The number of allylic oxidation sites excluding steroid dienone is 3. The third-order valence-electron chi connectivity index (χ3n) is 1.46. The van der Waals surface area contributed by atoms with Crippen molar-refractivity contribution in [2.75, 3.05) is 0 Å². The fourth-order valence-electron chi connectivity index (χ4n) is 0.838. The van der Waals surface area contributed by atoms with Crippen LogP contribution in [-0.2, 0) is 0 Å². The van der Waals surface area contributed by atoms with Gasteiger partial charge in [-0.15, -0.1) is 0 Å². The molecule has 0 N–H and O–H groups in total. The molecule has 1 aliphatic rings. The second kappa shape index (κ2) is 3.57. The van der Waals surface area contributed by atoms with Gasteiger partial charge in [-0.3, -0.25) is 0 Å². The van der Waals surface area contributed by atoms with E-state index >= 15 is 0 Å². The molecule has 1 aliphatic heterocycles. The summed E-state index contributed by atoms with van der Waals surface area (Å²) < 4.78 is 0. The Morgan fingerprint density at radius 2 is 2.50 bits per heavy atom. The topological polar surface area (TPSA) is 12.4 Å². The lowest BCUT2D eigenvalue weighted by atomic mass is 10.1. The lowest BCUT2D eigenvalue weighted by molar-refractivity contribution is 1.06. The molecular weight excluding hydrogens is 146 g/mol. The van der Waals surface area contributed by atoms with Crippen molar-refractivity contribution in [3.05, 3.63) is 23.9 Å². The number of hydrogen-bond donors (Lipinski definition) is 0. The fourth-order valence-corrected chi connectivity index (χ4v) is 1.07. The SMILES string of the molecule is CCC1=CC=CN=C(Cl)C1. The molecule has 0 aromatic carbocycles. The highest BCUT2D eigenvalue weighted by molar-refractivity contribution is 6.65. The molecule has 10 heavy (non-hydrogen) atoms. The molecule has 0 saturated carbocycles. The van der Waals surface area contributed by atoms with Gasteiger partial charge in [-0.1, -0.05) is 30.2 Å². The van der Waals surface area contributed by atoms with Gasteiger partial charge < -0.3 is 0 Å². The van der Waals surface area contributed by atoms with Crippen molar-refractivity contribution in [1.82, 2.24) is 0 Å². The van der Waals surface area contributed by atoms with Crippen LogP contribution < -0.4 is 0 Å². The summed E-state index contributed by atoms with van der Waals surface area (Å²) in [6.45, 7) is 2.12. The quantitative estimate of drug-likeness (QED) is 0.552. The normalized spacial score (nSPS) is 17.8. The Balaban J connectivity index is 2.72. The van der Waals surface area contributed by atoms with Crippen LogP contribution >= 0.6 is 11.6 Å². The second-order valence-corrected chi connectivity index (χ2v) is 2.64. The van der Waals surface area contributed by atoms with Crippen molar-refractivity contribution in [3.63, 3.8) is 0 Å². The first-order valence-electron chi connectivity index (χ1n) is 3.39. The molecule has 0 spiro atoms. The summed E-state index contributed by atoms with van der Waals surface area (Å²) in [7, 11) is 0. The summed E-state index contributed by atoms with van der Waals surface area (Å²) in [5.41, 5.74) is 1.34. The van der Waals surface area contributed by atoms with Crippen molar-refractivity contribution >= 4 is 16.8 Å². The van der Waals surface area contributed by atoms with Crippen molar-refractivity contribution in [2.24, 2.45) is 4.99 Å². The Morgan fingerprint density at radius 1 is 1.70 bits per heavy atom. The van der Waals surface area contributed by atoms with Crippen LogP contribution in [-0.4, -0.2) is 5.17 Å². The van der Waals surface area contributed by atoms with E-state index in [1.165, 1.54) is 5.57 Å². The number of aliphatic imine (C=N–C) groups is 1. The monoisotopic (exact) mass is 155 g/mol. The zero-order valence-electron chi connectivity index (χ0n) is 5.97. The van der Waals surface area contributed by atoms with Crippen molar-refractivity contribution < 1.29 is 0 Å². The summed E-state index contributed by atoms with van der Waals surface area (Å²) in [4.78, 5) is 3.97. The highest BCUT2D eigenvalue weighted by Crippen LogP contribution is 2.12. The van der Waals surface area contributed by atoms with Crippen LogP contribution in [0.3, 0.4) is 0 Å². The Labute approximate surface area is 66.1 Å². The van der Waals surface area contributed by atoms with Gasteiger partial charge in [-0.25, -0.2) is 4.99 Å². The summed E-state index contributed by atoms with van der Waals surface area (Å²) in [6.07, 6.45) is 7.58. The van der Waals surface area contributed by atoms with Gasteiger partial charge in [0.1, 0.15) is 5.17 Å². The smallest absolute Gasteiger partial charge is 0.110 e. The van der Waals surface area contributed by atoms with Crippen LogP contribution in [0.4, 0.5) is 0 Å². The first kappa shape index (κ1) is 7.55. The van der Waals surface area contributed by atoms with Crippen molar-refractivity contribution in [1.29, 1.82) is 0 Å². The molecule has 0 aromatic heterocycles. The molecule has 0 fully saturated rings. The van der Waals surface area contributed by atoms with E-state index in [1.807, 2.05) is 6.08 Å². The lowest BCUT2D eigenvalue weighted by Gasteiger charge is -1.97. The Hall–Kier alpha value is -0.560. The Kier molecular flexibility index (Phi) is 2.69. The summed E-state index contributed by atoms with van der Waals surface area (Å²) in [6, 6.07) is 0. The second-order valence-electron chi connectivity index (χ2n) is 2.20. The summed E-state index contributed by atoms with van der Waals surface area (Å²) >= 11 is 5.75. The van der Waals surface area contributed by atoms with Gasteiger partial charge in [0.25, 0.3) is 0 Å². The van der Waals surface area contributed by atoms with E-state index in [2.05, 4.69) is 18.0 Å². The number of halogens is 1. The summed E-state index contributed by atoms with van der Waals surface area (Å²) in [5, 5.41) is 0.682. The number of nitrogens with zero attached hydrogens (tertiary/aromatic N) is 1. The predicted molar refractivity (Wildman–Crippen MR) is 45.4 cm³/mol. The predicted octanol–water partition coefficient (Wildman–Crippen LogP) is 2.88. The molecule has 0 radical (unpaired) electrons. The molecule has 2 heteroatoms. The van der Waals surface area contributed by atoms with E-state index in [0.29, 0.717) is 5.17 Å². The van der Waals surface area contributed by atoms with Crippen LogP contribution in [0.15, 0.2) is 28.9 Å². The third-order valence-corrected chi connectivity index (χ3v) is 1.69. The average Bonchev–Trinajstić information content (AvgIpc) is 2.13. The van der Waals surface area contributed by atoms with Gasteiger partial charge in [-0.05, 0) is 12.5 Å². The van der Waals surface area contributed by atoms with Crippen molar-refractivity contribution in [3.8, 4) is 0 Å². The third kappa shape index (κ3) is 1.99. The molecule has 0 bridgehead atoms. The average molecular weight is 156 g/mol. The molecular formula is C8H10ClN. The van der Waals surface area contributed by atoms with E-state index in [1.54, 1.807) is 6.20 Å². The number of hydrogen-bond acceptors (Lipinski definition) is 1. The maximum absolute atomic E-state index is 5.75. The minimum atomic E-state index is 0.682. The molecule has 0 atom stereocenters. The zero-order chi connectivity index (χ0) is 7.40. The highest BCUT2D eigenvalue weighted by Gasteiger charge is 1.99. The molecule has 0 saturated heterocycles. The van der Waals surface area contributed by atoms with E-state index < -0.39 is 0 Å². The van der Waals surface area contributed by atoms with Gasteiger partial charge >= 0.3 is 0 Å². The van der Waals surface area contributed by atoms with E-state index in [9.17, 15) is 0 Å². The minimum Gasteiger partial charge on any atom is -0.249 e. The minimum absolute atomic E-state index is 0.682. The lowest BCUT2D eigenvalue weighted by Crippen LogP contribution is -1.88. The van der Waals surface area contributed by atoms with Crippen LogP contribution in [0, 0.1) is 0 Å². The molecule has 0 aromatic rings. The van der Waals surface area contributed by atoms with Crippen LogP contribution in [0.5, 0.6) is 0 Å². The fraction of sp³-hybridized carbons (Fsp3) is 0.375. The van der Waals surface area contributed by atoms with E-state index in [0.717, 1.165) is 12.8 Å².